The standard InChI is InChI=1S/C16H25NO3/c1-5-17-16(14-10-9-11(2)20-14)15-12(18-3)7-6-8-13(15)19-4/h6-8,11,14,16-17H,5,9-10H2,1-4H3. The van der Waals surface area contributed by atoms with Crippen LogP contribution < -0.4 is 14.8 Å². The Balaban J connectivity index is 2.37. The molecule has 0 amide bonds. The highest BCUT2D eigenvalue weighted by Crippen LogP contribution is 2.39. The van der Waals surface area contributed by atoms with Crippen LogP contribution >= 0.6 is 0 Å². The molecule has 1 aliphatic heterocycles. The van der Waals surface area contributed by atoms with Gasteiger partial charge in [-0.15, -0.1) is 0 Å². The van der Waals surface area contributed by atoms with Gasteiger partial charge in [-0.05, 0) is 38.4 Å². The number of benzene rings is 1. The van der Waals surface area contributed by atoms with Gasteiger partial charge in [0.2, 0.25) is 0 Å². The van der Waals surface area contributed by atoms with Crippen LogP contribution in [-0.4, -0.2) is 33.0 Å². The van der Waals surface area contributed by atoms with Crippen molar-refractivity contribution >= 4 is 0 Å². The molecule has 2 rings (SSSR count). The van der Waals surface area contributed by atoms with Crippen LogP contribution in [0.25, 0.3) is 0 Å². The maximum Gasteiger partial charge on any atom is 0.127 e. The van der Waals surface area contributed by atoms with Crippen molar-refractivity contribution in [2.45, 2.75) is 44.9 Å². The fourth-order valence-electron chi connectivity index (χ4n) is 2.90. The van der Waals surface area contributed by atoms with E-state index in [0.29, 0.717) is 6.10 Å². The first kappa shape index (κ1) is 15.1. The fraction of sp³-hybridized carbons (Fsp3) is 0.625. The van der Waals surface area contributed by atoms with Gasteiger partial charge in [-0.3, -0.25) is 0 Å². The van der Waals surface area contributed by atoms with Crippen molar-refractivity contribution in [3.8, 4) is 11.5 Å². The van der Waals surface area contributed by atoms with Crippen LogP contribution in [0.2, 0.25) is 0 Å². The molecule has 1 aromatic rings. The second kappa shape index (κ2) is 6.95. The minimum absolute atomic E-state index is 0.0936. The highest BCUT2D eigenvalue weighted by atomic mass is 16.5. The molecule has 4 nitrogen and oxygen atoms in total. The van der Waals surface area contributed by atoms with E-state index in [1.54, 1.807) is 14.2 Å². The van der Waals surface area contributed by atoms with Crippen molar-refractivity contribution < 1.29 is 14.2 Å². The summed E-state index contributed by atoms with van der Waals surface area (Å²) in [5.41, 5.74) is 1.05. The summed E-state index contributed by atoms with van der Waals surface area (Å²) in [6.07, 6.45) is 2.64. The van der Waals surface area contributed by atoms with Crippen LogP contribution in [0.4, 0.5) is 0 Å². The third-order valence-corrected chi connectivity index (χ3v) is 3.84. The molecule has 1 saturated heterocycles. The number of likely N-dealkylation sites (N-methyl/N-ethyl adjacent to an activating group) is 1. The zero-order chi connectivity index (χ0) is 14.5. The van der Waals surface area contributed by atoms with Crippen molar-refractivity contribution in [2.24, 2.45) is 0 Å². The van der Waals surface area contributed by atoms with Crippen LogP contribution in [0.1, 0.15) is 38.3 Å². The van der Waals surface area contributed by atoms with Gasteiger partial charge in [0.1, 0.15) is 11.5 Å². The second-order valence-corrected chi connectivity index (χ2v) is 5.17. The van der Waals surface area contributed by atoms with E-state index in [1.807, 2.05) is 18.2 Å². The molecule has 4 heteroatoms. The van der Waals surface area contributed by atoms with Gasteiger partial charge in [-0.1, -0.05) is 13.0 Å². The summed E-state index contributed by atoms with van der Waals surface area (Å²) in [5.74, 6) is 1.69. The van der Waals surface area contributed by atoms with Crippen molar-refractivity contribution in [3.63, 3.8) is 0 Å². The Bertz CT molecular complexity index is 413. The molecule has 0 spiro atoms. The Labute approximate surface area is 121 Å². The minimum Gasteiger partial charge on any atom is -0.496 e. The van der Waals surface area contributed by atoms with Gasteiger partial charge in [0.05, 0.1) is 38.0 Å². The molecular formula is C16H25NO3. The summed E-state index contributed by atoms with van der Waals surface area (Å²) < 4.78 is 17.1. The van der Waals surface area contributed by atoms with Gasteiger partial charge in [0.15, 0.2) is 0 Å². The predicted molar refractivity (Wildman–Crippen MR) is 79.5 cm³/mol. The van der Waals surface area contributed by atoms with Crippen molar-refractivity contribution in [1.82, 2.24) is 5.32 Å². The Morgan fingerprint density at radius 2 is 1.90 bits per heavy atom. The van der Waals surface area contributed by atoms with Gasteiger partial charge in [0, 0.05) is 0 Å². The summed E-state index contributed by atoms with van der Waals surface area (Å²) in [4.78, 5) is 0. The van der Waals surface area contributed by atoms with Crippen molar-refractivity contribution in [2.75, 3.05) is 20.8 Å². The van der Waals surface area contributed by atoms with Crippen LogP contribution in [0.3, 0.4) is 0 Å². The average Bonchev–Trinajstić information content (AvgIpc) is 2.90. The van der Waals surface area contributed by atoms with Gasteiger partial charge in [0.25, 0.3) is 0 Å². The summed E-state index contributed by atoms with van der Waals surface area (Å²) in [6, 6.07) is 5.99. The lowest BCUT2D eigenvalue weighted by molar-refractivity contribution is 0.0309. The van der Waals surface area contributed by atoms with Crippen LogP contribution in [-0.2, 0) is 4.74 Å². The SMILES string of the molecule is CCNC(c1c(OC)cccc1OC)C1CCC(C)O1. The molecule has 0 bridgehead atoms. The molecule has 1 aromatic carbocycles. The third kappa shape index (κ3) is 3.07. The van der Waals surface area contributed by atoms with Crippen LogP contribution in [0.5, 0.6) is 11.5 Å². The number of hydrogen-bond donors (Lipinski definition) is 1. The second-order valence-electron chi connectivity index (χ2n) is 5.17. The topological polar surface area (TPSA) is 39.7 Å². The first-order chi connectivity index (χ1) is 9.71. The van der Waals surface area contributed by atoms with E-state index in [4.69, 9.17) is 14.2 Å². The molecule has 112 valence electrons. The highest BCUT2D eigenvalue weighted by molar-refractivity contribution is 5.47. The molecular weight excluding hydrogens is 254 g/mol. The Morgan fingerprint density at radius 3 is 2.35 bits per heavy atom. The highest BCUT2D eigenvalue weighted by Gasteiger charge is 2.33. The number of nitrogens with one attached hydrogen (secondary N) is 1. The molecule has 1 N–H and O–H groups in total. The minimum atomic E-state index is 0.0936. The molecule has 0 aliphatic carbocycles. The van der Waals surface area contributed by atoms with Crippen molar-refractivity contribution in [1.29, 1.82) is 0 Å². The maximum absolute atomic E-state index is 6.06. The van der Waals surface area contributed by atoms with Crippen LogP contribution in [0.15, 0.2) is 18.2 Å². The van der Waals surface area contributed by atoms with E-state index < -0.39 is 0 Å². The lowest BCUT2D eigenvalue weighted by Gasteiger charge is -2.27. The molecule has 1 fully saturated rings. The van der Waals surface area contributed by atoms with E-state index in [9.17, 15) is 0 Å². The lowest BCUT2D eigenvalue weighted by Crippen LogP contribution is -2.32. The zero-order valence-electron chi connectivity index (χ0n) is 12.8. The molecule has 0 radical (unpaired) electrons. The van der Waals surface area contributed by atoms with Gasteiger partial charge < -0.3 is 19.5 Å². The molecule has 3 unspecified atom stereocenters. The molecule has 0 aromatic heterocycles. The van der Waals surface area contributed by atoms with Crippen LogP contribution in [0, 0.1) is 0 Å². The van der Waals surface area contributed by atoms with Crippen molar-refractivity contribution in [3.05, 3.63) is 23.8 Å². The molecule has 0 saturated carbocycles. The average molecular weight is 279 g/mol. The zero-order valence-corrected chi connectivity index (χ0v) is 12.8. The number of methoxy groups -OCH3 is 2. The maximum atomic E-state index is 6.06. The number of ether oxygens (including phenoxy) is 3. The predicted octanol–water partition coefficient (Wildman–Crippen LogP) is 2.92. The van der Waals surface area contributed by atoms with E-state index in [0.717, 1.165) is 36.4 Å². The smallest absolute Gasteiger partial charge is 0.127 e. The van der Waals surface area contributed by atoms with E-state index >= 15 is 0 Å². The summed E-state index contributed by atoms with van der Waals surface area (Å²) >= 11 is 0. The van der Waals surface area contributed by atoms with E-state index in [-0.39, 0.29) is 12.1 Å². The largest absolute Gasteiger partial charge is 0.496 e. The van der Waals surface area contributed by atoms with Gasteiger partial charge in [-0.25, -0.2) is 0 Å². The Morgan fingerprint density at radius 1 is 1.25 bits per heavy atom. The quantitative estimate of drug-likeness (QED) is 0.869. The third-order valence-electron chi connectivity index (χ3n) is 3.84. The number of rotatable bonds is 6. The monoisotopic (exact) mass is 279 g/mol. The van der Waals surface area contributed by atoms with E-state index in [1.165, 1.54) is 0 Å². The first-order valence-corrected chi connectivity index (χ1v) is 7.31. The Hall–Kier alpha value is -1.26. The van der Waals surface area contributed by atoms with Gasteiger partial charge >= 0.3 is 0 Å². The summed E-state index contributed by atoms with van der Waals surface area (Å²) in [7, 11) is 3.39. The van der Waals surface area contributed by atoms with E-state index in [2.05, 4.69) is 19.2 Å². The molecule has 1 heterocycles. The summed E-state index contributed by atoms with van der Waals surface area (Å²) in [6.45, 7) is 5.11. The first-order valence-electron chi connectivity index (χ1n) is 7.31. The fourth-order valence-corrected chi connectivity index (χ4v) is 2.90. The van der Waals surface area contributed by atoms with Gasteiger partial charge in [-0.2, -0.15) is 0 Å². The molecule has 1 aliphatic rings. The normalized spacial score (nSPS) is 23.6. The number of hydrogen-bond acceptors (Lipinski definition) is 4. The summed E-state index contributed by atoms with van der Waals surface area (Å²) in [5, 5.41) is 3.53. The molecule has 3 atom stereocenters. The molecule has 20 heavy (non-hydrogen) atoms. The Kier molecular flexibility index (Phi) is 5.26. The lowest BCUT2D eigenvalue weighted by atomic mass is 9.97.